The Morgan fingerprint density at radius 2 is 1.46 bits per heavy atom. The Morgan fingerprint density at radius 1 is 0.923 bits per heavy atom. The molecule has 76 valence electrons. The van der Waals surface area contributed by atoms with Gasteiger partial charge in [0.05, 0.1) is 0 Å². The lowest BCUT2D eigenvalue weighted by Crippen LogP contribution is -2.43. The highest BCUT2D eigenvalue weighted by Gasteiger charge is 2.50. The van der Waals surface area contributed by atoms with Crippen LogP contribution in [0.1, 0.15) is 65.7 Å². The van der Waals surface area contributed by atoms with Crippen molar-refractivity contribution in [3.8, 4) is 0 Å². The summed E-state index contributed by atoms with van der Waals surface area (Å²) in [5, 5.41) is 0. The van der Waals surface area contributed by atoms with Crippen molar-refractivity contribution in [1.82, 2.24) is 0 Å². The summed E-state index contributed by atoms with van der Waals surface area (Å²) in [4.78, 5) is 0. The molecule has 1 atom stereocenters. The van der Waals surface area contributed by atoms with Crippen LogP contribution in [0.3, 0.4) is 0 Å². The van der Waals surface area contributed by atoms with Gasteiger partial charge in [-0.2, -0.15) is 0 Å². The van der Waals surface area contributed by atoms with E-state index in [2.05, 4.69) is 20.8 Å². The second kappa shape index (κ2) is 3.00. The number of hydrogen-bond donors (Lipinski definition) is 0. The van der Waals surface area contributed by atoms with Crippen LogP contribution in [-0.2, 0) is 0 Å². The smallest absolute Gasteiger partial charge is 0.0244 e. The lowest BCUT2D eigenvalue weighted by Gasteiger charge is -2.52. The van der Waals surface area contributed by atoms with Crippen molar-refractivity contribution in [3.63, 3.8) is 0 Å². The van der Waals surface area contributed by atoms with Gasteiger partial charge in [0, 0.05) is 0 Å². The van der Waals surface area contributed by atoms with Gasteiger partial charge in [-0.15, -0.1) is 0 Å². The van der Waals surface area contributed by atoms with Crippen molar-refractivity contribution in [2.45, 2.75) is 65.7 Å². The lowest BCUT2D eigenvalue weighted by molar-refractivity contribution is -0.0250. The molecule has 1 spiro atoms. The summed E-state index contributed by atoms with van der Waals surface area (Å²) < 4.78 is 0. The maximum absolute atomic E-state index is 2.53. The van der Waals surface area contributed by atoms with E-state index < -0.39 is 0 Å². The highest BCUT2D eigenvalue weighted by atomic mass is 14.6. The SMILES string of the molecule is CC1CCCC2(CCCC2)C1(C)C. The summed E-state index contributed by atoms with van der Waals surface area (Å²) in [5.74, 6) is 0.944. The van der Waals surface area contributed by atoms with Crippen molar-refractivity contribution in [3.05, 3.63) is 0 Å². The second-order valence-electron chi connectivity index (χ2n) is 6.00. The second-order valence-corrected chi connectivity index (χ2v) is 6.00. The van der Waals surface area contributed by atoms with Gasteiger partial charge in [0.1, 0.15) is 0 Å². The first-order valence-electron chi connectivity index (χ1n) is 6.08. The van der Waals surface area contributed by atoms with Crippen molar-refractivity contribution < 1.29 is 0 Å². The van der Waals surface area contributed by atoms with E-state index in [1.54, 1.807) is 0 Å². The zero-order valence-electron chi connectivity index (χ0n) is 9.53. The highest BCUT2D eigenvalue weighted by molar-refractivity contribution is 5.00. The Hall–Kier alpha value is 0. The van der Waals surface area contributed by atoms with E-state index in [9.17, 15) is 0 Å². The van der Waals surface area contributed by atoms with Crippen molar-refractivity contribution >= 4 is 0 Å². The van der Waals surface area contributed by atoms with Crippen LogP contribution in [0.15, 0.2) is 0 Å². The molecule has 0 radical (unpaired) electrons. The van der Waals surface area contributed by atoms with Gasteiger partial charge >= 0.3 is 0 Å². The Bertz CT molecular complexity index is 184. The molecule has 2 aliphatic carbocycles. The Morgan fingerprint density at radius 3 is 2.08 bits per heavy atom. The summed E-state index contributed by atoms with van der Waals surface area (Å²) in [5.41, 5.74) is 1.35. The molecule has 0 heteroatoms. The Balaban J connectivity index is 2.25. The minimum atomic E-state index is 0.613. The number of hydrogen-bond acceptors (Lipinski definition) is 0. The van der Waals surface area contributed by atoms with Gasteiger partial charge in [-0.1, -0.05) is 46.5 Å². The topological polar surface area (TPSA) is 0 Å². The normalized spacial score (nSPS) is 36.7. The standard InChI is InChI=1S/C13H24/c1-11-7-6-10-13(12(11,2)3)8-4-5-9-13/h11H,4-10H2,1-3H3. The fourth-order valence-corrected chi connectivity index (χ4v) is 3.90. The molecule has 0 aliphatic heterocycles. The van der Waals surface area contributed by atoms with Crippen LogP contribution in [0, 0.1) is 16.7 Å². The third-order valence-electron chi connectivity index (χ3n) is 5.45. The first kappa shape index (κ1) is 9.55. The highest BCUT2D eigenvalue weighted by Crippen LogP contribution is 2.60. The van der Waals surface area contributed by atoms with Crippen molar-refractivity contribution in [2.75, 3.05) is 0 Å². The van der Waals surface area contributed by atoms with Crippen LogP contribution >= 0.6 is 0 Å². The van der Waals surface area contributed by atoms with Gasteiger partial charge in [0.15, 0.2) is 0 Å². The van der Waals surface area contributed by atoms with E-state index >= 15 is 0 Å². The van der Waals surface area contributed by atoms with Gasteiger partial charge in [0.2, 0.25) is 0 Å². The van der Waals surface area contributed by atoms with Crippen LogP contribution in [0.4, 0.5) is 0 Å². The molecular weight excluding hydrogens is 156 g/mol. The molecule has 2 rings (SSSR count). The van der Waals surface area contributed by atoms with E-state index in [4.69, 9.17) is 0 Å². The quantitative estimate of drug-likeness (QED) is 0.518. The summed E-state index contributed by atoms with van der Waals surface area (Å²) >= 11 is 0. The molecular formula is C13H24. The van der Waals surface area contributed by atoms with Gasteiger partial charge in [-0.05, 0) is 36.0 Å². The van der Waals surface area contributed by atoms with Gasteiger partial charge in [-0.3, -0.25) is 0 Å². The average Bonchev–Trinajstić information content (AvgIpc) is 2.52. The van der Waals surface area contributed by atoms with Crippen LogP contribution in [-0.4, -0.2) is 0 Å². The molecule has 0 nitrogen and oxygen atoms in total. The molecule has 2 aliphatic rings. The molecule has 13 heavy (non-hydrogen) atoms. The van der Waals surface area contributed by atoms with E-state index in [1.165, 1.54) is 44.9 Å². The molecule has 0 aromatic rings. The maximum Gasteiger partial charge on any atom is -0.0244 e. The van der Waals surface area contributed by atoms with E-state index in [-0.39, 0.29) is 0 Å². The largest absolute Gasteiger partial charge is 0.0620 e. The van der Waals surface area contributed by atoms with E-state index in [0.29, 0.717) is 5.41 Å². The summed E-state index contributed by atoms with van der Waals surface area (Å²) in [7, 11) is 0. The van der Waals surface area contributed by atoms with Gasteiger partial charge < -0.3 is 0 Å². The molecule has 2 fully saturated rings. The van der Waals surface area contributed by atoms with E-state index in [0.717, 1.165) is 11.3 Å². The maximum atomic E-state index is 2.53. The van der Waals surface area contributed by atoms with Crippen molar-refractivity contribution in [2.24, 2.45) is 16.7 Å². The molecule has 0 heterocycles. The summed E-state index contributed by atoms with van der Waals surface area (Å²) in [6, 6.07) is 0. The van der Waals surface area contributed by atoms with Crippen LogP contribution in [0.2, 0.25) is 0 Å². The van der Waals surface area contributed by atoms with Crippen LogP contribution in [0.5, 0.6) is 0 Å². The zero-order chi connectivity index (χ0) is 9.53. The minimum absolute atomic E-state index is 0.613. The van der Waals surface area contributed by atoms with Gasteiger partial charge in [0.25, 0.3) is 0 Å². The zero-order valence-corrected chi connectivity index (χ0v) is 9.53. The Kier molecular flexibility index (Phi) is 2.20. The monoisotopic (exact) mass is 180 g/mol. The van der Waals surface area contributed by atoms with Crippen LogP contribution in [0.25, 0.3) is 0 Å². The number of rotatable bonds is 0. The fraction of sp³-hybridized carbons (Fsp3) is 1.00. The molecule has 0 aromatic heterocycles. The minimum Gasteiger partial charge on any atom is -0.0620 e. The molecule has 1 unspecified atom stereocenters. The molecule has 0 aromatic carbocycles. The summed E-state index contributed by atoms with van der Waals surface area (Å²) in [6.45, 7) is 7.53. The predicted molar refractivity (Wildman–Crippen MR) is 57.7 cm³/mol. The average molecular weight is 180 g/mol. The fourth-order valence-electron chi connectivity index (χ4n) is 3.90. The third-order valence-corrected chi connectivity index (χ3v) is 5.45. The summed E-state index contributed by atoms with van der Waals surface area (Å²) in [6.07, 6.45) is 10.5. The first-order valence-corrected chi connectivity index (χ1v) is 6.08. The predicted octanol–water partition coefficient (Wildman–Crippen LogP) is 4.39. The van der Waals surface area contributed by atoms with Crippen molar-refractivity contribution in [1.29, 1.82) is 0 Å². The van der Waals surface area contributed by atoms with Gasteiger partial charge in [-0.25, -0.2) is 0 Å². The molecule has 0 amide bonds. The first-order chi connectivity index (χ1) is 6.08. The molecule has 2 saturated carbocycles. The lowest BCUT2D eigenvalue weighted by atomic mass is 9.53. The third kappa shape index (κ3) is 1.25. The van der Waals surface area contributed by atoms with E-state index in [1.807, 2.05) is 0 Å². The molecule has 0 bridgehead atoms. The molecule has 0 saturated heterocycles. The van der Waals surface area contributed by atoms with Crippen LogP contribution < -0.4 is 0 Å². The molecule has 0 N–H and O–H groups in total. The Labute approximate surface area is 83.1 Å².